The number of benzene rings is 2. The molecule has 5 aromatic rings. The minimum atomic E-state index is -4.79. The van der Waals surface area contributed by atoms with Crippen LogP contribution in [0, 0.1) is 0 Å². The zero-order valence-corrected chi connectivity index (χ0v) is 17.8. The van der Waals surface area contributed by atoms with E-state index in [1.807, 2.05) is 6.07 Å². The van der Waals surface area contributed by atoms with E-state index in [9.17, 15) is 18.0 Å². The molecule has 2 aromatic carbocycles. The first-order chi connectivity index (χ1) is 16.3. The van der Waals surface area contributed by atoms with Crippen molar-refractivity contribution in [2.75, 3.05) is 0 Å². The van der Waals surface area contributed by atoms with E-state index in [1.54, 1.807) is 41.3 Å². The molecule has 3 aromatic heterocycles. The fraction of sp³-hybridized carbons (Fsp3) is 0.0435. The summed E-state index contributed by atoms with van der Waals surface area (Å²) < 4.78 is 44.1. The number of pyridine rings is 1. The predicted octanol–water partition coefficient (Wildman–Crippen LogP) is 5.19. The van der Waals surface area contributed by atoms with Crippen molar-refractivity contribution in [1.82, 2.24) is 24.5 Å². The van der Waals surface area contributed by atoms with Gasteiger partial charge in [0, 0.05) is 28.9 Å². The highest BCUT2D eigenvalue weighted by molar-refractivity contribution is 6.31. The Labute approximate surface area is 194 Å². The largest absolute Gasteiger partial charge is 0.573 e. The maximum Gasteiger partial charge on any atom is 0.573 e. The van der Waals surface area contributed by atoms with Crippen LogP contribution in [0.1, 0.15) is 0 Å². The SMILES string of the molecule is O=c1ccn(-c2ccc(OC(F)(F)F)cc2)nc1-c1ccnn1-c1ccnc2cc(Cl)ccc12. The van der Waals surface area contributed by atoms with E-state index >= 15 is 0 Å². The highest BCUT2D eigenvalue weighted by atomic mass is 35.5. The van der Waals surface area contributed by atoms with Gasteiger partial charge in [0.15, 0.2) is 5.69 Å². The molecule has 0 aliphatic heterocycles. The average Bonchev–Trinajstić information content (AvgIpc) is 3.28. The fourth-order valence-corrected chi connectivity index (χ4v) is 3.66. The average molecular weight is 484 g/mol. The van der Waals surface area contributed by atoms with Gasteiger partial charge in [-0.05, 0) is 54.6 Å². The number of nitrogens with zero attached hydrogens (tertiary/aromatic N) is 5. The number of rotatable bonds is 4. The summed E-state index contributed by atoms with van der Waals surface area (Å²) in [6.07, 6.45) is -0.207. The molecule has 5 rings (SSSR count). The van der Waals surface area contributed by atoms with Gasteiger partial charge < -0.3 is 4.74 Å². The lowest BCUT2D eigenvalue weighted by molar-refractivity contribution is -0.274. The third-order valence-electron chi connectivity index (χ3n) is 4.94. The number of halogens is 4. The second-order valence-corrected chi connectivity index (χ2v) is 7.57. The second-order valence-electron chi connectivity index (χ2n) is 7.13. The maximum atomic E-state index is 12.7. The summed E-state index contributed by atoms with van der Waals surface area (Å²) in [4.78, 5) is 17.0. The van der Waals surface area contributed by atoms with Crippen LogP contribution < -0.4 is 10.2 Å². The van der Waals surface area contributed by atoms with E-state index in [4.69, 9.17) is 11.6 Å². The second kappa shape index (κ2) is 8.31. The fourth-order valence-electron chi connectivity index (χ4n) is 3.49. The predicted molar refractivity (Wildman–Crippen MR) is 119 cm³/mol. The molecule has 0 spiro atoms. The molecule has 0 amide bonds. The van der Waals surface area contributed by atoms with Crippen LogP contribution in [0.4, 0.5) is 13.2 Å². The van der Waals surface area contributed by atoms with E-state index in [0.29, 0.717) is 27.6 Å². The van der Waals surface area contributed by atoms with Crippen LogP contribution >= 0.6 is 11.6 Å². The molecule has 0 saturated carbocycles. The summed E-state index contributed by atoms with van der Waals surface area (Å²) in [5.74, 6) is -0.361. The molecule has 0 aliphatic rings. The Hall–Kier alpha value is -4.18. The van der Waals surface area contributed by atoms with Crippen LogP contribution in [0.2, 0.25) is 5.02 Å². The van der Waals surface area contributed by atoms with Crippen molar-refractivity contribution < 1.29 is 17.9 Å². The van der Waals surface area contributed by atoms with E-state index < -0.39 is 6.36 Å². The summed E-state index contributed by atoms with van der Waals surface area (Å²) in [6, 6.07) is 15.1. The highest BCUT2D eigenvalue weighted by Crippen LogP contribution is 2.27. The number of ether oxygens (including phenoxy) is 1. The van der Waals surface area contributed by atoms with Gasteiger partial charge in [0.2, 0.25) is 5.43 Å². The van der Waals surface area contributed by atoms with Gasteiger partial charge in [0.25, 0.3) is 0 Å². The Balaban J connectivity index is 1.57. The molecule has 0 radical (unpaired) electrons. The quantitative estimate of drug-likeness (QED) is 0.352. The molecule has 0 atom stereocenters. The van der Waals surface area contributed by atoms with Crippen LogP contribution in [0.5, 0.6) is 5.75 Å². The zero-order chi connectivity index (χ0) is 23.9. The minimum Gasteiger partial charge on any atom is -0.406 e. The van der Waals surface area contributed by atoms with Crippen molar-refractivity contribution >= 4 is 22.5 Å². The summed E-state index contributed by atoms with van der Waals surface area (Å²) in [7, 11) is 0. The van der Waals surface area contributed by atoms with Gasteiger partial charge in [-0.2, -0.15) is 10.2 Å². The number of hydrogen-bond donors (Lipinski definition) is 0. The molecule has 0 aliphatic carbocycles. The van der Waals surface area contributed by atoms with Crippen molar-refractivity contribution in [3.8, 4) is 28.5 Å². The highest BCUT2D eigenvalue weighted by Gasteiger charge is 2.31. The van der Waals surface area contributed by atoms with E-state index in [2.05, 4.69) is 19.9 Å². The van der Waals surface area contributed by atoms with E-state index in [0.717, 1.165) is 5.39 Å². The van der Waals surface area contributed by atoms with Gasteiger partial charge in [0.1, 0.15) is 5.75 Å². The first kappa shape index (κ1) is 21.7. The number of fused-ring (bicyclic) bond motifs is 1. The molecule has 170 valence electrons. The van der Waals surface area contributed by atoms with Gasteiger partial charge in [-0.15, -0.1) is 13.2 Å². The molecule has 0 fully saturated rings. The minimum absolute atomic E-state index is 0.106. The first-order valence-electron chi connectivity index (χ1n) is 9.84. The van der Waals surface area contributed by atoms with E-state index in [1.165, 1.54) is 41.2 Å². The molecule has 0 unspecified atom stereocenters. The number of aromatic nitrogens is 5. The molecule has 0 bridgehead atoms. The Morgan fingerprint density at radius 2 is 1.74 bits per heavy atom. The van der Waals surface area contributed by atoms with Crippen LogP contribution in [-0.2, 0) is 0 Å². The number of hydrogen-bond acceptors (Lipinski definition) is 5. The third kappa shape index (κ3) is 4.23. The molecular formula is C23H13ClF3N5O2. The van der Waals surface area contributed by atoms with Crippen molar-refractivity contribution in [2.45, 2.75) is 6.36 Å². The lowest BCUT2D eigenvalue weighted by Crippen LogP contribution is -2.17. The van der Waals surface area contributed by atoms with E-state index in [-0.39, 0.29) is 16.9 Å². The van der Waals surface area contributed by atoms with Crippen molar-refractivity contribution in [1.29, 1.82) is 0 Å². The Bertz CT molecular complexity index is 1560. The van der Waals surface area contributed by atoms with Gasteiger partial charge in [-0.3, -0.25) is 9.78 Å². The maximum absolute atomic E-state index is 12.7. The molecular weight excluding hydrogens is 471 g/mol. The summed E-state index contributed by atoms with van der Waals surface area (Å²) >= 11 is 6.08. The Kier molecular flexibility index (Phi) is 5.29. The monoisotopic (exact) mass is 483 g/mol. The third-order valence-corrected chi connectivity index (χ3v) is 5.17. The summed E-state index contributed by atoms with van der Waals surface area (Å²) in [5.41, 5.74) is 1.95. The van der Waals surface area contributed by atoms with Crippen LogP contribution in [-0.4, -0.2) is 30.9 Å². The van der Waals surface area contributed by atoms with Gasteiger partial charge >= 0.3 is 6.36 Å². The standard InChI is InChI=1S/C23H13ClF3N5O2/c24-14-1-6-17-18(13-14)28-10-7-19(17)32-20(8-11-29-32)22-21(33)9-12-31(30-22)15-2-4-16(5-3-15)34-23(25,26)27/h1-13H. The summed E-state index contributed by atoms with van der Waals surface area (Å²) in [6.45, 7) is 0. The van der Waals surface area contributed by atoms with Gasteiger partial charge in [-0.25, -0.2) is 9.36 Å². The van der Waals surface area contributed by atoms with Crippen molar-refractivity contribution in [3.63, 3.8) is 0 Å². The molecule has 11 heteroatoms. The van der Waals surface area contributed by atoms with Crippen molar-refractivity contribution in [2.24, 2.45) is 0 Å². The molecule has 7 nitrogen and oxygen atoms in total. The Morgan fingerprint density at radius 1 is 0.941 bits per heavy atom. The molecule has 0 saturated heterocycles. The lowest BCUT2D eigenvalue weighted by atomic mass is 10.2. The molecule has 3 heterocycles. The topological polar surface area (TPSA) is 74.8 Å². The normalized spacial score (nSPS) is 11.6. The zero-order valence-electron chi connectivity index (χ0n) is 17.1. The summed E-state index contributed by atoms with van der Waals surface area (Å²) in [5, 5.41) is 10.1. The van der Waals surface area contributed by atoms with Gasteiger partial charge in [0.05, 0.1) is 28.8 Å². The Morgan fingerprint density at radius 3 is 2.50 bits per heavy atom. The van der Waals surface area contributed by atoms with Crippen LogP contribution in [0.25, 0.3) is 33.7 Å². The first-order valence-corrected chi connectivity index (χ1v) is 10.2. The van der Waals surface area contributed by atoms with Crippen molar-refractivity contribution in [3.05, 3.63) is 94.5 Å². The lowest BCUT2D eigenvalue weighted by Gasteiger charge is -2.12. The molecule has 34 heavy (non-hydrogen) atoms. The molecule has 0 N–H and O–H groups in total. The van der Waals surface area contributed by atoms with Crippen LogP contribution in [0.3, 0.4) is 0 Å². The van der Waals surface area contributed by atoms with Crippen LogP contribution in [0.15, 0.2) is 84.0 Å². The van der Waals surface area contributed by atoms with Gasteiger partial charge in [-0.1, -0.05) is 11.6 Å². The number of alkyl halides is 3. The smallest absolute Gasteiger partial charge is 0.406 e.